The van der Waals surface area contributed by atoms with Crippen LogP contribution in [0.25, 0.3) is 0 Å². The maximum Gasteiger partial charge on any atom is 0.111 e. The summed E-state index contributed by atoms with van der Waals surface area (Å²) in [6.45, 7) is 0.844. The van der Waals surface area contributed by atoms with Crippen molar-refractivity contribution < 1.29 is 4.48 Å². The number of nitrogens with zero attached hydrogens (tertiary/aromatic N) is 1. The van der Waals surface area contributed by atoms with Crippen LogP contribution in [0.5, 0.6) is 0 Å². The van der Waals surface area contributed by atoms with Gasteiger partial charge in [-0.25, -0.2) is 0 Å². The third kappa shape index (κ3) is 1.64. The van der Waals surface area contributed by atoms with Crippen molar-refractivity contribution in [3.8, 4) is 0 Å². The molecular formula is C10H23N2+. The smallest absolute Gasteiger partial charge is 0.111 e. The Morgan fingerprint density at radius 3 is 1.83 bits per heavy atom. The number of quaternary nitrogens is 1. The van der Waals surface area contributed by atoms with Gasteiger partial charge in [-0.1, -0.05) is 6.42 Å². The minimum Gasteiger partial charge on any atom is -0.325 e. The van der Waals surface area contributed by atoms with Gasteiger partial charge in [0, 0.05) is 19.4 Å². The maximum absolute atomic E-state index is 5.91. The molecule has 0 saturated heterocycles. The quantitative estimate of drug-likeness (QED) is 0.624. The summed E-state index contributed by atoms with van der Waals surface area (Å²) >= 11 is 0. The summed E-state index contributed by atoms with van der Waals surface area (Å²) in [5.41, 5.74) is 6.28. The van der Waals surface area contributed by atoms with Crippen LogP contribution in [0.4, 0.5) is 0 Å². The number of nitrogens with two attached hydrogens (primary N) is 1. The Morgan fingerprint density at radius 1 is 1.08 bits per heavy atom. The molecule has 1 aliphatic rings. The zero-order chi connectivity index (χ0) is 9.24. The van der Waals surface area contributed by atoms with Crippen LogP contribution in [0.3, 0.4) is 0 Å². The first-order valence-electron chi connectivity index (χ1n) is 5.03. The zero-order valence-corrected chi connectivity index (χ0v) is 8.77. The molecule has 0 bridgehead atoms. The highest BCUT2D eigenvalue weighted by atomic mass is 15.3. The largest absolute Gasteiger partial charge is 0.325 e. The second kappa shape index (κ2) is 3.35. The number of hydrogen-bond donors (Lipinski definition) is 1. The molecule has 0 atom stereocenters. The van der Waals surface area contributed by atoms with Gasteiger partial charge in [-0.05, 0) is 12.8 Å². The highest BCUT2D eigenvalue weighted by Gasteiger charge is 2.42. The second-order valence-corrected chi connectivity index (χ2v) is 5.00. The average Bonchev–Trinajstić information content (AvgIpc) is 2.04. The van der Waals surface area contributed by atoms with Gasteiger partial charge in [0.2, 0.25) is 0 Å². The van der Waals surface area contributed by atoms with E-state index in [-0.39, 0.29) is 0 Å². The third-order valence-corrected chi connectivity index (χ3v) is 3.59. The summed E-state index contributed by atoms with van der Waals surface area (Å²) in [7, 11) is 6.83. The van der Waals surface area contributed by atoms with Crippen LogP contribution >= 0.6 is 0 Å². The Hall–Kier alpha value is -0.0800. The van der Waals surface area contributed by atoms with Crippen molar-refractivity contribution in [2.45, 2.75) is 37.6 Å². The summed E-state index contributed by atoms with van der Waals surface area (Å²) < 4.78 is 1.03. The molecule has 0 unspecified atom stereocenters. The fourth-order valence-electron chi connectivity index (χ4n) is 2.36. The van der Waals surface area contributed by atoms with Gasteiger partial charge in [-0.2, -0.15) is 0 Å². The lowest BCUT2D eigenvalue weighted by Crippen LogP contribution is -2.61. The third-order valence-electron chi connectivity index (χ3n) is 3.59. The molecule has 72 valence electrons. The Balaban J connectivity index is 2.73. The van der Waals surface area contributed by atoms with E-state index in [1.807, 2.05) is 0 Å². The monoisotopic (exact) mass is 171 g/mol. The van der Waals surface area contributed by atoms with Gasteiger partial charge in [0.15, 0.2) is 0 Å². The zero-order valence-electron chi connectivity index (χ0n) is 8.77. The highest BCUT2D eigenvalue weighted by Crippen LogP contribution is 2.34. The van der Waals surface area contributed by atoms with E-state index in [1.54, 1.807) is 0 Å². The molecule has 0 amide bonds. The summed E-state index contributed by atoms with van der Waals surface area (Å²) in [4.78, 5) is 0. The molecule has 0 aromatic heterocycles. The van der Waals surface area contributed by atoms with Gasteiger partial charge < -0.3 is 10.2 Å². The topological polar surface area (TPSA) is 26.0 Å². The molecule has 0 radical (unpaired) electrons. The van der Waals surface area contributed by atoms with E-state index in [1.165, 1.54) is 32.1 Å². The molecule has 0 aliphatic heterocycles. The Labute approximate surface area is 76.3 Å². The molecule has 2 N–H and O–H groups in total. The van der Waals surface area contributed by atoms with E-state index in [0.29, 0.717) is 5.54 Å². The van der Waals surface area contributed by atoms with E-state index >= 15 is 0 Å². The molecule has 1 fully saturated rings. The molecular weight excluding hydrogens is 148 g/mol. The predicted octanol–water partition coefficient (Wildman–Crippen LogP) is 1.35. The van der Waals surface area contributed by atoms with Crippen molar-refractivity contribution in [1.82, 2.24) is 0 Å². The standard InChI is InChI=1S/C10H23N2/c1-12(2,3)10(9-11)7-5-4-6-8-10/h4-9,11H2,1-3H3/q+1. The lowest BCUT2D eigenvalue weighted by Gasteiger charge is -2.48. The molecule has 0 aromatic rings. The van der Waals surface area contributed by atoms with Gasteiger partial charge in [0.05, 0.1) is 21.1 Å². The maximum atomic E-state index is 5.91. The van der Waals surface area contributed by atoms with Gasteiger partial charge in [0.25, 0.3) is 0 Å². The molecule has 0 aromatic carbocycles. The van der Waals surface area contributed by atoms with Gasteiger partial charge >= 0.3 is 0 Å². The fourth-order valence-corrected chi connectivity index (χ4v) is 2.36. The lowest BCUT2D eigenvalue weighted by molar-refractivity contribution is -0.924. The minimum absolute atomic E-state index is 0.373. The lowest BCUT2D eigenvalue weighted by atomic mass is 9.79. The summed E-state index contributed by atoms with van der Waals surface area (Å²) in [6.07, 6.45) is 6.77. The van der Waals surface area contributed by atoms with Crippen LogP contribution in [0.15, 0.2) is 0 Å². The van der Waals surface area contributed by atoms with Crippen molar-refractivity contribution in [3.63, 3.8) is 0 Å². The Morgan fingerprint density at radius 2 is 1.58 bits per heavy atom. The number of likely N-dealkylation sites (N-methyl/N-ethyl adjacent to an activating group) is 1. The van der Waals surface area contributed by atoms with E-state index in [9.17, 15) is 0 Å². The Kier molecular flexibility index (Phi) is 2.79. The normalized spacial score (nSPS) is 24.0. The minimum atomic E-state index is 0.373. The predicted molar refractivity (Wildman–Crippen MR) is 52.9 cm³/mol. The first-order chi connectivity index (χ1) is 5.52. The molecule has 12 heavy (non-hydrogen) atoms. The summed E-state index contributed by atoms with van der Waals surface area (Å²) in [5, 5.41) is 0. The first-order valence-corrected chi connectivity index (χ1v) is 5.03. The molecule has 1 aliphatic carbocycles. The van der Waals surface area contributed by atoms with Crippen LogP contribution in [0, 0.1) is 0 Å². The Bertz CT molecular complexity index is 140. The van der Waals surface area contributed by atoms with Crippen molar-refractivity contribution >= 4 is 0 Å². The highest BCUT2D eigenvalue weighted by molar-refractivity contribution is 4.85. The average molecular weight is 171 g/mol. The number of hydrogen-bond acceptors (Lipinski definition) is 1. The summed E-state index contributed by atoms with van der Waals surface area (Å²) in [5.74, 6) is 0. The van der Waals surface area contributed by atoms with Crippen LogP contribution in [-0.2, 0) is 0 Å². The van der Waals surface area contributed by atoms with E-state index in [4.69, 9.17) is 5.73 Å². The SMILES string of the molecule is C[N+](C)(C)C1(CN)CCCCC1. The van der Waals surface area contributed by atoms with Crippen LogP contribution in [0.2, 0.25) is 0 Å². The molecule has 0 spiro atoms. The first kappa shape index (κ1) is 10.0. The van der Waals surface area contributed by atoms with Crippen LogP contribution in [-0.4, -0.2) is 37.7 Å². The fraction of sp³-hybridized carbons (Fsp3) is 1.00. The molecule has 2 heteroatoms. The van der Waals surface area contributed by atoms with Crippen molar-refractivity contribution in [3.05, 3.63) is 0 Å². The van der Waals surface area contributed by atoms with Crippen molar-refractivity contribution in [1.29, 1.82) is 0 Å². The van der Waals surface area contributed by atoms with Gasteiger partial charge in [0.1, 0.15) is 5.54 Å². The van der Waals surface area contributed by atoms with E-state index < -0.39 is 0 Å². The molecule has 1 rings (SSSR count). The molecule has 0 heterocycles. The van der Waals surface area contributed by atoms with Crippen molar-refractivity contribution in [2.24, 2.45) is 5.73 Å². The molecule has 1 saturated carbocycles. The number of rotatable bonds is 2. The van der Waals surface area contributed by atoms with E-state index in [0.717, 1.165) is 11.0 Å². The summed E-state index contributed by atoms with van der Waals surface area (Å²) in [6, 6.07) is 0. The molecule has 2 nitrogen and oxygen atoms in total. The van der Waals surface area contributed by atoms with Crippen LogP contribution in [0.1, 0.15) is 32.1 Å². The van der Waals surface area contributed by atoms with Crippen LogP contribution < -0.4 is 5.73 Å². The van der Waals surface area contributed by atoms with E-state index in [2.05, 4.69) is 21.1 Å². The second-order valence-electron chi connectivity index (χ2n) is 5.00. The van der Waals surface area contributed by atoms with Gasteiger partial charge in [-0.15, -0.1) is 0 Å². The van der Waals surface area contributed by atoms with Gasteiger partial charge in [-0.3, -0.25) is 0 Å². The van der Waals surface area contributed by atoms with Crippen molar-refractivity contribution in [2.75, 3.05) is 27.7 Å².